The molecule has 1 saturated carbocycles. The number of nitrogens with zero attached hydrogens (tertiary/aromatic N) is 1. The van der Waals surface area contributed by atoms with E-state index in [2.05, 4.69) is 22.1 Å². The summed E-state index contributed by atoms with van der Waals surface area (Å²) in [6.45, 7) is 3.32. The average molecular weight is 230 g/mol. The third kappa shape index (κ3) is 4.46. The molecule has 2 rings (SSSR count). The maximum absolute atomic E-state index is 5.52. The molecule has 17 heavy (non-hydrogen) atoms. The van der Waals surface area contributed by atoms with E-state index in [1.165, 1.54) is 12.8 Å². The maximum Gasteiger partial charge on any atom is 0.137 e. The number of ether oxygens (including phenoxy) is 1. The molecule has 0 bridgehead atoms. The normalized spacial score (nSPS) is 13.9. The maximum atomic E-state index is 5.52. The minimum atomic E-state index is 0.627. The summed E-state index contributed by atoms with van der Waals surface area (Å²) in [7, 11) is 0. The molecule has 0 unspecified atom stereocenters. The number of aromatic nitrogens is 1. The van der Waals surface area contributed by atoms with Gasteiger partial charge in [-0.25, -0.2) is 0 Å². The molecule has 1 aromatic rings. The molecule has 0 radical (unpaired) electrons. The Morgan fingerprint density at radius 1 is 1.47 bits per heavy atom. The van der Waals surface area contributed by atoms with Gasteiger partial charge in [-0.15, -0.1) is 11.8 Å². The van der Waals surface area contributed by atoms with Crippen molar-refractivity contribution in [1.82, 2.24) is 10.3 Å². The Kier molecular flexibility index (Phi) is 4.40. The molecule has 1 fully saturated rings. The van der Waals surface area contributed by atoms with Crippen molar-refractivity contribution in [2.24, 2.45) is 0 Å². The lowest BCUT2D eigenvalue weighted by molar-refractivity contribution is 0.325. The van der Waals surface area contributed by atoms with Crippen molar-refractivity contribution in [3.63, 3.8) is 0 Å². The summed E-state index contributed by atoms with van der Waals surface area (Å²) in [6.07, 6.45) is 5.16. The fraction of sp³-hybridized carbons (Fsp3) is 0.500. The molecular weight excluding hydrogens is 212 g/mol. The van der Waals surface area contributed by atoms with Gasteiger partial charge in [0.15, 0.2) is 0 Å². The Morgan fingerprint density at radius 3 is 3.00 bits per heavy atom. The third-order valence-corrected chi connectivity index (χ3v) is 2.62. The van der Waals surface area contributed by atoms with Crippen molar-refractivity contribution in [1.29, 1.82) is 0 Å². The van der Waals surface area contributed by atoms with Gasteiger partial charge in [0.1, 0.15) is 5.75 Å². The van der Waals surface area contributed by atoms with E-state index in [-0.39, 0.29) is 0 Å². The van der Waals surface area contributed by atoms with Gasteiger partial charge in [-0.05, 0) is 31.9 Å². The van der Waals surface area contributed by atoms with Crippen LogP contribution in [0.5, 0.6) is 5.75 Å². The van der Waals surface area contributed by atoms with Crippen molar-refractivity contribution in [2.45, 2.75) is 38.8 Å². The Hall–Kier alpha value is -1.53. The van der Waals surface area contributed by atoms with Crippen LogP contribution in [0.4, 0.5) is 0 Å². The Balaban J connectivity index is 1.73. The van der Waals surface area contributed by atoms with Crippen molar-refractivity contribution in [2.75, 3.05) is 6.61 Å². The first-order chi connectivity index (χ1) is 8.38. The van der Waals surface area contributed by atoms with E-state index in [1.54, 1.807) is 6.20 Å². The summed E-state index contributed by atoms with van der Waals surface area (Å²) in [5.41, 5.74) is 1.07. The standard InChI is InChI=1S/C14H18N2O/c1-2-3-4-9-17-14-8-7-13(16-11-14)10-15-12-5-6-12/h7-8,11-12,15H,4-6,9-10H2,1H3. The molecule has 0 aliphatic heterocycles. The molecule has 3 nitrogen and oxygen atoms in total. The van der Waals surface area contributed by atoms with E-state index in [0.717, 1.165) is 30.5 Å². The van der Waals surface area contributed by atoms with Gasteiger partial charge in [-0.1, -0.05) is 0 Å². The predicted molar refractivity (Wildman–Crippen MR) is 67.7 cm³/mol. The van der Waals surface area contributed by atoms with Crippen LogP contribution in [0.3, 0.4) is 0 Å². The molecular formula is C14H18N2O. The number of hydrogen-bond acceptors (Lipinski definition) is 3. The largest absolute Gasteiger partial charge is 0.491 e. The SMILES string of the molecule is CC#CCCOc1ccc(CNC2CC2)nc1. The smallest absolute Gasteiger partial charge is 0.137 e. The highest BCUT2D eigenvalue weighted by molar-refractivity contribution is 5.20. The van der Waals surface area contributed by atoms with Crippen LogP contribution in [-0.2, 0) is 6.54 Å². The molecule has 1 aromatic heterocycles. The summed E-state index contributed by atoms with van der Waals surface area (Å²) >= 11 is 0. The van der Waals surface area contributed by atoms with Gasteiger partial charge in [-0.3, -0.25) is 4.98 Å². The van der Waals surface area contributed by atoms with Gasteiger partial charge in [0.25, 0.3) is 0 Å². The molecule has 0 spiro atoms. The van der Waals surface area contributed by atoms with E-state index < -0.39 is 0 Å². The van der Waals surface area contributed by atoms with Crippen molar-refractivity contribution < 1.29 is 4.74 Å². The molecule has 1 aliphatic rings. The molecule has 1 heterocycles. The highest BCUT2D eigenvalue weighted by Gasteiger charge is 2.19. The topological polar surface area (TPSA) is 34.1 Å². The van der Waals surface area contributed by atoms with Crippen LogP contribution in [0.1, 0.15) is 31.9 Å². The zero-order chi connectivity index (χ0) is 11.9. The minimum Gasteiger partial charge on any atom is -0.491 e. The zero-order valence-electron chi connectivity index (χ0n) is 10.2. The van der Waals surface area contributed by atoms with Crippen LogP contribution in [0.25, 0.3) is 0 Å². The van der Waals surface area contributed by atoms with E-state index in [1.807, 2.05) is 19.1 Å². The molecule has 0 aromatic carbocycles. The van der Waals surface area contributed by atoms with Gasteiger partial charge in [0.2, 0.25) is 0 Å². The van der Waals surface area contributed by atoms with Gasteiger partial charge in [-0.2, -0.15) is 0 Å². The second-order valence-electron chi connectivity index (χ2n) is 4.17. The van der Waals surface area contributed by atoms with Crippen molar-refractivity contribution in [3.05, 3.63) is 24.0 Å². The molecule has 0 atom stereocenters. The Morgan fingerprint density at radius 2 is 2.35 bits per heavy atom. The van der Waals surface area contributed by atoms with E-state index >= 15 is 0 Å². The third-order valence-electron chi connectivity index (χ3n) is 2.62. The van der Waals surface area contributed by atoms with Gasteiger partial charge >= 0.3 is 0 Å². The summed E-state index contributed by atoms with van der Waals surface area (Å²) in [5.74, 6) is 6.62. The van der Waals surface area contributed by atoms with Crippen LogP contribution in [0, 0.1) is 11.8 Å². The monoisotopic (exact) mass is 230 g/mol. The first kappa shape index (κ1) is 11.9. The second-order valence-corrected chi connectivity index (χ2v) is 4.17. The van der Waals surface area contributed by atoms with Gasteiger partial charge in [0, 0.05) is 19.0 Å². The Bertz CT molecular complexity index is 398. The van der Waals surface area contributed by atoms with Crippen LogP contribution in [0.2, 0.25) is 0 Å². The van der Waals surface area contributed by atoms with Crippen LogP contribution in [-0.4, -0.2) is 17.6 Å². The number of pyridine rings is 1. The fourth-order valence-corrected chi connectivity index (χ4v) is 1.48. The van der Waals surface area contributed by atoms with Gasteiger partial charge < -0.3 is 10.1 Å². The van der Waals surface area contributed by atoms with E-state index in [0.29, 0.717) is 6.61 Å². The number of nitrogens with one attached hydrogen (secondary N) is 1. The van der Waals surface area contributed by atoms with Crippen LogP contribution in [0.15, 0.2) is 18.3 Å². The molecule has 1 aliphatic carbocycles. The summed E-state index contributed by atoms with van der Waals surface area (Å²) in [4.78, 5) is 4.35. The zero-order valence-corrected chi connectivity index (χ0v) is 10.2. The predicted octanol–water partition coefficient (Wildman–Crippen LogP) is 2.13. The summed E-state index contributed by atoms with van der Waals surface area (Å²) in [6, 6.07) is 4.70. The average Bonchev–Trinajstić information content (AvgIpc) is 3.18. The first-order valence-electron chi connectivity index (χ1n) is 6.09. The fourth-order valence-electron chi connectivity index (χ4n) is 1.48. The van der Waals surface area contributed by atoms with Crippen molar-refractivity contribution in [3.8, 4) is 17.6 Å². The molecule has 0 amide bonds. The molecule has 1 N–H and O–H groups in total. The molecule has 90 valence electrons. The summed E-state index contributed by atoms with van der Waals surface area (Å²) < 4.78 is 5.52. The lowest BCUT2D eigenvalue weighted by Gasteiger charge is -2.05. The molecule has 0 saturated heterocycles. The van der Waals surface area contributed by atoms with Crippen LogP contribution < -0.4 is 10.1 Å². The molecule has 3 heteroatoms. The highest BCUT2D eigenvalue weighted by atomic mass is 16.5. The van der Waals surface area contributed by atoms with Crippen LogP contribution >= 0.6 is 0 Å². The lowest BCUT2D eigenvalue weighted by atomic mass is 10.3. The summed E-state index contributed by atoms with van der Waals surface area (Å²) in [5, 5.41) is 3.43. The minimum absolute atomic E-state index is 0.627. The Labute approximate surface area is 103 Å². The highest BCUT2D eigenvalue weighted by Crippen LogP contribution is 2.19. The van der Waals surface area contributed by atoms with Crippen molar-refractivity contribution >= 4 is 0 Å². The van der Waals surface area contributed by atoms with E-state index in [4.69, 9.17) is 4.74 Å². The van der Waals surface area contributed by atoms with Gasteiger partial charge in [0.05, 0.1) is 18.5 Å². The quantitative estimate of drug-likeness (QED) is 0.600. The second kappa shape index (κ2) is 6.27. The first-order valence-corrected chi connectivity index (χ1v) is 6.09. The lowest BCUT2D eigenvalue weighted by Crippen LogP contribution is -2.16. The number of hydrogen-bond donors (Lipinski definition) is 1. The van der Waals surface area contributed by atoms with E-state index in [9.17, 15) is 0 Å². The number of rotatable bonds is 6.